The van der Waals surface area contributed by atoms with Crippen LogP contribution in [0.25, 0.3) is 0 Å². The Kier molecular flexibility index (Phi) is 3.06. The van der Waals surface area contributed by atoms with Crippen LogP contribution in [0.3, 0.4) is 0 Å². The van der Waals surface area contributed by atoms with Gasteiger partial charge in [-0.1, -0.05) is 6.07 Å². The lowest BCUT2D eigenvalue weighted by Crippen LogP contribution is -2.33. The van der Waals surface area contributed by atoms with E-state index in [1.54, 1.807) is 0 Å². The zero-order valence-corrected chi connectivity index (χ0v) is 11.1. The van der Waals surface area contributed by atoms with Crippen LogP contribution < -0.4 is 15.4 Å². The highest BCUT2D eigenvalue weighted by Crippen LogP contribution is 2.37. The molecule has 1 fully saturated rings. The minimum atomic E-state index is -0.140. The molecule has 2 aliphatic heterocycles. The van der Waals surface area contributed by atoms with Gasteiger partial charge in [0.05, 0.1) is 37.0 Å². The molecule has 1 aromatic carbocycles. The summed E-state index contributed by atoms with van der Waals surface area (Å²) in [5.41, 5.74) is 1.63. The van der Waals surface area contributed by atoms with Crippen LogP contribution in [0.1, 0.15) is 13.8 Å². The van der Waals surface area contributed by atoms with Crippen molar-refractivity contribution in [3.63, 3.8) is 0 Å². The van der Waals surface area contributed by atoms with Gasteiger partial charge in [-0.05, 0) is 26.0 Å². The van der Waals surface area contributed by atoms with E-state index in [0.717, 1.165) is 11.4 Å². The topological polar surface area (TPSA) is 59.6 Å². The highest BCUT2D eigenvalue weighted by atomic mass is 16.5. The van der Waals surface area contributed by atoms with E-state index < -0.39 is 0 Å². The molecule has 102 valence electrons. The number of para-hydroxylation sites is 1. The van der Waals surface area contributed by atoms with E-state index in [0.29, 0.717) is 19.0 Å². The van der Waals surface area contributed by atoms with Crippen molar-refractivity contribution in [2.45, 2.75) is 26.0 Å². The number of carbonyl (C=O) groups excluding carboxylic acids is 1. The van der Waals surface area contributed by atoms with Crippen LogP contribution in [0.15, 0.2) is 18.2 Å². The Bertz CT molecular complexity index is 501. The predicted octanol–water partition coefficient (Wildman–Crippen LogP) is 1.85. The molecule has 2 aliphatic rings. The molecular formula is C14H18N2O3. The van der Waals surface area contributed by atoms with Crippen molar-refractivity contribution < 1.29 is 14.3 Å². The molecule has 0 radical (unpaired) electrons. The predicted molar refractivity (Wildman–Crippen MR) is 72.6 cm³/mol. The first-order chi connectivity index (χ1) is 9.15. The lowest BCUT2D eigenvalue weighted by Gasteiger charge is -2.17. The number of benzene rings is 1. The van der Waals surface area contributed by atoms with Gasteiger partial charge in [0.2, 0.25) is 5.91 Å². The fourth-order valence-electron chi connectivity index (χ4n) is 2.50. The SMILES string of the molecule is CC(C)Oc1cccc2c1NC(=O)C1COCC1N2. The summed E-state index contributed by atoms with van der Waals surface area (Å²) in [6.45, 7) is 4.96. The van der Waals surface area contributed by atoms with Gasteiger partial charge in [-0.25, -0.2) is 0 Å². The van der Waals surface area contributed by atoms with Crippen LogP contribution in [0.5, 0.6) is 5.75 Å². The highest BCUT2D eigenvalue weighted by molar-refractivity contribution is 6.00. The Morgan fingerprint density at radius 2 is 2.21 bits per heavy atom. The van der Waals surface area contributed by atoms with Gasteiger partial charge in [0.25, 0.3) is 0 Å². The van der Waals surface area contributed by atoms with E-state index >= 15 is 0 Å². The van der Waals surface area contributed by atoms with Crippen LogP contribution in [0.2, 0.25) is 0 Å². The average molecular weight is 262 g/mol. The number of rotatable bonds is 2. The molecule has 0 saturated carbocycles. The third-order valence-electron chi connectivity index (χ3n) is 3.40. The molecule has 0 aliphatic carbocycles. The van der Waals surface area contributed by atoms with Crippen LogP contribution in [-0.2, 0) is 9.53 Å². The summed E-state index contributed by atoms with van der Waals surface area (Å²) in [4.78, 5) is 12.2. The maximum absolute atomic E-state index is 12.2. The molecule has 2 heterocycles. The fraction of sp³-hybridized carbons (Fsp3) is 0.500. The molecule has 0 spiro atoms. The van der Waals surface area contributed by atoms with Gasteiger partial charge in [-0.3, -0.25) is 4.79 Å². The first-order valence-electron chi connectivity index (χ1n) is 6.60. The first-order valence-corrected chi connectivity index (χ1v) is 6.60. The van der Waals surface area contributed by atoms with E-state index in [2.05, 4.69) is 10.6 Å². The number of fused-ring (bicyclic) bond motifs is 2. The summed E-state index contributed by atoms with van der Waals surface area (Å²) in [6.07, 6.45) is 0.0643. The minimum absolute atomic E-state index is 0.00597. The van der Waals surface area contributed by atoms with Gasteiger partial charge in [-0.2, -0.15) is 0 Å². The van der Waals surface area contributed by atoms with E-state index in [9.17, 15) is 4.79 Å². The summed E-state index contributed by atoms with van der Waals surface area (Å²) in [5, 5.41) is 6.34. The smallest absolute Gasteiger partial charge is 0.232 e. The maximum atomic E-state index is 12.2. The average Bonchev–Trinajstić information content (AvgIpc) is 2.75. The van der Waals surface area contributed by atoms with Gasteiger partial charge < -0.3 is 20.1 Å². The van der Waals surface area contributed by atoms with Crippen molar-refractivity contribution in [1.29, 1.82) is 0 Å². The standard InChI is InChI=1S/C14H18N2O3/c1-8(2)19-12-5-3-4-10-13(12)16-14(17)9-6-18-7-11(9)15-10/h3-5,8-9,11,15H,6-7H2,1-2H3,(H,16,17). The highest BCUT2D eigenvalue weighted by Gasteiger charge is 2.37. The zero-order valence-electron chi connectivity index (χ0n) is 11.1. The van der Waals surface area contributed by atoms with Crippen molar-refractivity contribution in [2.75, 3.05) is 23.8 Å². The molecule has 2 atom stereocenters. The van der Waals surface area contributed by atoms with Crippen molar-refractivity contribution in [3.05, 3.63) is 18.2 Å². The number of amides is 1. The number of hydrogen-bond donors (Lipinski definition) is 2. The number of nitrogens with one attached hydrogen (secondary N) is 2. The number of carbonyl (C=O) groups is 1. The lowest BCUT2D eigenvalue weighted by atomic mass is 10.0. The van der Waals surface area contributed by atoms with Gasteiger partial charge >= 0.3 is 0 Å². The van der Waals surface area contributed by atoms with Crippen molar-refractivity contribution in [3.8, 4) is 5.75 Å². The Labute approximate surface area is 112 Å². The number of ether oxygens (including phenoxy) is 2. The first kappa shape index (κ1) is 12.3. The second-order valence-corrected chi connectivity index (χ2v) is 5.23. The minimum Gasteiger partial charge on any atom is -0.489 e. The maximum Gasteiger partial charge on any atom is 0.232 e. The van der Waals surface area contributed by atoms with Gasteiger partial charge in [-0.15, -0.1) is 0 Å². The van der Waals surface area contributed by atoms with E-state index in [1.165, 1.54) is 0 Å². The van der Waals surface area contributed by atoms with Crippen molar-refractivity contribution >= 4 is 17.3 Å². The van der Waals surface area contributed by atoms with Crippen LogP contribution in [0, 0.1) is 5.92 Å². The van der Waals surface area contributed by atoms with Crippen LogP contribution in [0.4, 0.5) is 11.4 Å². The molecule has 3 rings (SSSR count). The molecule has 19 heavy (non-hydrogen) atoms. The zero-order chi connectivity index (χ0) is 13.4. The lowest BCUT2D eigenvalue weighted by molar-refractivity contribution is -0.119. The van der Waals surface area contributed by atoms with E-state index in [-0.39, 0.29) is 24.0 Å². The molecule has 2 N–H and O–H groups in total. The monoisotopic (exact) mass is 262 g/mol. The molecule has 1 saturated heterocycles. The number of anilines is 2. The largest absolute Gasteiger partial charge is 0.489 e. The Hall–Kier alpha value is -1.75. The van der Waals surface area contributed by atoms with Gasteiger partial charge in [0.1, 0.15) is 11.4 Å². The van der Waals surface area contributed by atoms with Crippen molar-refractivity contribution in [2.24, 2.45) is 5.92 Å². The molecule has 5 nitrogen and oxygen atoms in total. The Morgan fingerprint density at radius 1 is 1.37 bits per heavy atom. The fourth-order valence-corrected chi connectivity index (χ4v) is 2.50. The molecule has 1 amide bonds. The van der Waals surface area contributed by atoms with Crippen LogP contribution in [-0.4, -0.2) is 31.3 Å². The quantitative estimate of drug-likeness (QED) is 0.854. The summed E-state index contributed by atoms with van der Waals surface area (Å²) in [5.74, 6) is 0.557. The third-order valence-corrected chi connectivity index (χ3v) is 3.40. The molecule has 0 aromatic heterocycles. The van der Waals surface area contributed by atoms with E-state index in [4.69, 9.17) is 9.47 Å². The number of hydrogen-bond acceptors (Lipinski definition) is 4. The summed E-state index contributed by atoms with van der Waals surface area (Å²) < 4.78 is 11.1. The molecule has 5 heteroatoms. The summed E-state index contributed by atoms with van der Waals surface area (Å²) in [6, 6.07) is 5.78. The second kappa shape index (κ2) is 4.74. The van der Waals surface area contributed by atoms with Crippen LogP contribution >= 0.6 is 0 Å². The normalized spacial score (nSPS) is 25.1. The summed E-state index contributed by atoms with van der Waals surface area (Å²) >= 11 is 0. The molecular weight excluding hydrogens is 244 g/mol. The molecule has 0 bridgehead atoms. The van der Waals surface area contributed by atoms with Gasteiger partial charge in [0.15, 0.2) is 0 Å². The Balaban J connectivity index is 1.97. The van der Waals surface area contributed by atoms with Gasteiger partial charge in [0, 0.05) is 0 Å². The molecule has 2 unspecified atom stereocenters. The Morgan fingerprint density at radius 3 is 3.00 bits per heavy atom. The summed E-state index contributed by atoms with van der Waals surface area (Å²) in [7, 11) is 0. The third kappa shape index (κ3) is 2.26. The molecule has 1 aromatic rings. The van der Waals surface area contributed by atoms with E-state index in [1.807, 2.05) is 32.0 Å². The second-order valence-electron chi connectivity index (χ2n) is 5.23. The van der Waals surface area contributed by atoms with Crippen molar-refractivity contribution in [1.82, 2.24) is 0 Å².